The van der Waals surface area contributed by atoms with Crippen LogP contribution < -0.4 is 16.4 Å². The van der Waals surface area contributed by atoms with Gasteiger partial charge in [0.1, 0.15) is 0 Å². The van der Waals surface area contributed by atoms with Gasteiger partial charge < -0.3 is 21.3 Å². The number of piperidine rings is 1. The molecule has 0 aliphatic carbocycles. The van der Waals surface area contributed by atoms with Gasteiger partial charge in [-0.15, -0.1) is 0 Å². The molecule has 0 radical (unpaired) electrons. The Labute approximate surface area is 97.7 Å². The zero-order chi connectivity index (χ0) is 12.0. The van der Waals surface area contributed by atoms with Crippen molar-refractivity contribution in [2.45, 2.75) is 38.8 Å². The number of amides is 2. The number of carbonyl (C=O) groups excluding carboxylic acids is 1. The van der Waals surface area contributed by atoms with Crippen LogP contribution in [-0.4, -0.2) is 49.2 Å². The highest BCUT2D eigenvalue weighted by Gasteiger charge is 2.19. The topological polar surface area (TPSA) is 70.4 Å². The van der Waals surface area contributed by atoms with Gasteiger partial charge in [0.15, 0.2) is 0 Å². The average molecular weight is 228 g/mol. The van der Waals surface area contributed by atoms with Gasteiger partial charge in [-0.05, 0) is 26.7 Å². The lowest BCUT2D eigenvalue weighted by molar-refractivity contribution is 0.195. The molecule has 0 spiro atoms. The molecule has 1 fully saturated rings. The minimum Gasteiger partial charge on any atom is -0.336 e. The molecule has 94 valence electrons. The molecule has 0 saturated carbocycles. The van der Waals surface area contributed by atoms with E-state index in [4.69, 9.17) is 5.73 Å². The van der Waals surface area contributed by atoms with E-state index in [1.165, 1.54) is 0 Å². The van der Waals surface area contributed by atoms with Gasteiger partial charge >= 0.3 is 6.03 Å². The van der Waals surface area contributed by atoms with Crippen molar-refractivity contribution in [3.63, 3.8) is 0 Å². The van der Waals surface area contributed by atoms with Crippen LogP contribution in [0.1, 0.15) is 26.7 Å². The average Bonchev–Trinajstić information content (AvgIpc) is 2.20. The second-order valence-electron chi connectivity index (χ2n) is 4.68. The Morgan fingerprint density at radius 1 is 1.44 bits per heavy atom. The number of nitrogens with two attached hydrogens (primary N) is 1. The summed E-state index contributed by atoms with van der Waals surface area (Å²) in [7, 11) is 0. The highest BCUT2D eigenvalue weighted by molar-refractivity contribution is 5.74. The minimum atomic E-state index is -0.0488. The Bertz CT molecular complexity index is 212. The van der Waals surface area contributed by atoms with Crippen molar-refractivity contribution in [3.05, 3.63) is 0 Å². The van der Waals surface area contributed by atoms with Gasteiger partial charge in [0.05, 0.1) is 0 Å². The largest absolute Gasteiger partial charge is 0.336 e. The summed E-state index contributed by atoms with van der Waals surface area (Å²) >= 11 is 0. The van der Waals surface area contributed by atoms with Crippen molar-refractivity contribution in [3.8, 4) is 0 Å². The SMILES string of the molecule is CC(C)NC(=O)NC1CCN(CCN)CC1. The standard InChI is InChI=1S/C11H24N4O/c1-9(2)13-11(16)14-10-3-6-15(7-4-10)8-5-12/h9-10H,3-8,12H2,1-2H3,(H2,13,14,16). The first kappa shape index (κ1) is 13.3. The Balaban J connectivity index is 2.19. The quantitative estimate of drug-likeness (QED) is 0.640. The molecule has 1 rings (SSSR count). The number of carbonyl (C=O) groups is 1. The van der Waals surface area contributed by atoms with E-state index in [2.05, 4.69) is 15.5 Å². The number of rotatable bonds is 4. The lowest BCUT2D eigenvalue weighted by atomic mass is 10.1. The summed E-state index contributed by atoms with van der Waals surface area (Å²) in [5.74, 6) is 0. The number of urea groups is 1. The van der Waals surface area contributed by atoms with Crippen molar-refractivity contribution < 1.29 is 4.79 Å². The lowest BCUT2D eigenvalue weighted by Crippen LogP contribution is -2.49. The number of likely N-dealkylation sites (tertiary alicyclic amines) is 1. The fraction of sp³-hybridized carbons (Fsp3) is 0.909. The summed E-state index contributed by atoms with van der Waals surface area (Å²) in [5, 5.41) is 5.85. The van der Waals surface area contributed by atoms with Gasteiger partial charge in [0.25, 0.3) is 0 Å². The summed E-state index contributed by atoms with van der Waals surface area (Å²) in [6.07, 6.45) is 2.04. The third kappa shape index (κ3) is 4.81. The molecule has 1 aliphatic heterocycles. The molecule has 5 heteroatoms. The number of nitrogens with zero attached hydrogens (tertiary/aromatic N) is 1. The van der Waals surface area contributed by atoms with Crippen LogP contribution in [0, 0.1) is 0 Å². The van der Waals surface area contributed by atoms with Crippen LogP contribution in [0.25, 0.3) is 0 Å². The third-order valence-corrected chi connectivity index (χ3v) is 2.79. The smallest absolute Gasteiger partial charge is 0.315 e. The first-order valence-corrected chi connectivity index (χ1v) is 6.11. The predicted molar refractivity (Wildman–Crippen MR) is 65.3 cm³/mol. The first-order chi connectivity index (χ1) is 7.61. The molecule has 0 aromatic heterocycles. The van der Waals surface area contributed by atoms with E-state index in [0.29, 0.717) is 12.6 Å². The Morgan fingerprint density at radius 2 is 2.06 bits per heavy atom. The van der Waals surface area contributed by atoms with E-state index in [1.54, 1.807) is 0 Å². The fourth-order valence-electron chi connectivity index (χ4n) is 1.97. The number of nitrogens with one attached hydrogen (secondary N) is 2. The molecule has 4 N–H and O–H groups in total. The van der Waals surface area contributed by atoms with Crippen LogP contribution in [0.15, 0.2) is 0 Å². The molecule has 2 amide bonds. The van der Waals surface area contributed by atoms with Crippen molar-refractivity contribution in [2.75, 3.05) is 26.2 Å². The Morgan fingerprint density at radius 3 is 2.56 bits per heavy atom. The van der Waals surface area contributed by atoms with Crippen LogP contribution in [0.2, 0.25) is 0 Å². The molecule has 0 unspecified atom stereocenters. The van der Waals surface area contributed by atoms with Gasteiger partial charge in [-0.1, -0.05) is 0 Å². The van der Waals surface area contributed by atoms with Crippen LogP contribution in [0.4, 0.5) is 4.79 Å². The van der Waals surface area contributed by atoms with Crippen LogP contribution in [0.3, 0.4) is 0 Å². The highest BCUT2D eigenvalue weighted by atomic mass is 16.2. The van der Waals surface area contributed by atoms with Crippen LogP contribution in [-0.2, 0) is 0 Å². The third-order valence-electron chi connectivity index (χ3n) is 2.79. The zero-order valence-corrected chi connectivity index (χ0v) is 10.3. The van der Waals surface area contributed by atoms with E-state index >= 15 is 0 Å². The highest BCUT2D eigenvalue weighted by Crippen LogP contribution is 2.09. The van der Waals surface area contributed by atoms with Crippen LogP contribution >= 0.6 is 0 Å². The molecule has 0 aromatic rings. The van der Waals surface area contributed by atoms with E-state index in [-0.39, 0.29) is 12.1 Å². The summed E-state index contributed by atoms with van der Waals surface area (Å²) < 4.78 is 0. The van der Waals surface area contributed by atoms with Crippen LogP contribution in [0.5, 0.6) is 0 Å². The van der Waals surface area contributed by atoms with Gasteiger partial charge in [0.2, 0.25) is 0 Å². The summed E-state index contributed by atoms with van der Waals surface area (Å²) in [4.78, 5) is 13.8. The van der Waals surface area contributed by atoms with Crippen molar-refractivity contribution >= 4 is 6.03 Å². The molecular formula is C11H24N4O. The van der Waals surface area contributed by atoms with Crippen molar-refractivity contribution in [1.82, 2.24) is 15.5 Å². The Kier molecular flexibility index (Phi) is 5.55. The minimum absolute atomic E-state index is 0.0488. The molecule has 0 bridgehead atoms. The van der Waals surface area contributed by atoms with Gasteiger partial charge in [-0.25, -0.2) is 4.79 Å². The van der Waals surface area contributed by atoms with E-state index in [9.17, 15) is 4.79 Å². The number of hydrogen-bond donors (Lipinski definition) is 3. The summed E-state index contributed by atoms with van der Waals surface area (Å²) in [5.41, 5.74) is 5.51. The monoisotopic (exact) mass is 228 g/mol. The van der Waals surface area contributed by atoms with E-state index < -0.39 is 0 Å². The first-order valence-electron chi connectivity index (χ1n) is 6.11. The molecule has 5 nitrogen and oxygen atoms in total. The molecule has 1 heterocycles. The molecular weight excluding hydrogens is 204 g/mol. The predicted octanol–water partition coefficient (Wildman–Crippen LogP) is 0.117. The molecule has 16 heavy (non-hydrogen) atoms. The summed E-state index contributed by atoms with van der Waals surface area (Å²) in [6.45, 7) is 7.66. The summed E-state index contributed by atoms with van der Waals surface area (Å²) in [6, 6.07) is 0.456. The lowest BCUT2D eigenvalue weighted by Gasteiger charge is -2.32. The maximum absolute atomic E-state index is 11.5. The van der Waals surface area contributed by atoms with Gasteiger partial charge in [0, 0.05) is 38.3 Å². The second kappa shape index (κ2) is 6.70. The maximum Gasteiger partial charge on any atom is 0.315 e. The molecule has 0 atom stereocenters. The number of hydrogen-bond acceptors (Lipinski definition) is 3. The fourth-order valence-corrected chi connectivity index (χ4v) is 1.97. The molecule has 1 saturated heterocycles. The second-order valence-corrected chi connectivity index (χ2v) is 4.68. The maximum atomic E-state index is 11.5. The van der Waals surface area contributed by atoms with E-state index in [0.717, 1.165) is 32.5 Å². The van der Waals surface area contributed by atoms with Gasteiger partial charge in [-0.2, -0.15) is 0 Å². The van der Waals surface area contributed by atoms with Gasteiger partial charge in [-0.3, -0.25) is 0 Å². The molecule has 0 aromatic carbocycles. The van der Waals surface area contributed by atoms with Crippen molar-refractivity contribution in [2.24, 2.45) is 5.73 Å². The Hall–Kier alpha value is -0.810. The van der Waals surface area contributed by atoms with E-state index in [1.807, 2.05) is 13.8 Å². The van der Waals surface area contributed by atoms with Crippen molar-refractivity contribution in [1.29, 1.82) is 0 Å². The normalized spacial score (nSPS) is 18.8. The molecule has 1 aliphatic rings. The zero-order valence-electron chi connectivity index (χ0n) is 10.3.